The molecule has 0 unspecified atom stereocenters. The summed E-state index contributed by atoms with van der Waals surface area (Å²) in [6.45, 7) is 2.30. The minimum Gasteiger partial charge on any atom is -0.336 e. The van der Waals surface area contributed by atoms with Gasteiger partial charge < -0.3 is 9.62 Å². The number of piperazine rings is 1. The molecule has 3 aromatic carbocycles. The van der Waals surface area contributed by atoms with E-state index in [0.717, 1.165) is 21.9 Å². The van der Waals surface area contributed by atoms with Crippen LogP contribution in [-0.4, -0.2) is 46.9 Å². The number of hydrogen-bond acceptors (Lipinski definition) is 5. The van der Waals surface area contributed by atoms with Crippen molar-refractivity contribution in [1.82, 2.24) is 14.8 Å². The third-order valence-electron chi connectivity index (χ3n) is 6.15. The number of nitrogens with one attached hydrogen (secondary N) is 1. The Bertz CT molecular complexity index is 1400. The highest BCUT2D eigenvalue weighted by Crippen LogP contribution is 2.29. The van der Waals surface area contributed by atoms with E-state index in [-0.39, 0.29) is 17.2 Å². The van der Waals surface area contributed by atoms with E-state index in [1.807, 2.05) is 35.2 Å². The van der Waals surface area contributed by atoms with Crippen LogP contribution in [0.3, 0.4) is 0 Å². The largest absolute Gasteiger partial charge is 0.336 e. The van der Waals surface area contributed by atoms with Crippen LogP contribution in [-0.2, 0) is 6.54 Å². The van der Waals surface area contributed by atoms with E-state index < -0.39 is 17.5 Å². The molecule has 0 radical (unpaired) electrons. The molecule has 0 aliphatic carbocycles. The van der Waals surface area contributed by atoms with Crippen molar-refractivity contribution in [1.29, 1.82) is 0 Å². The number of aromatic nitrogens is 1. The summed E-state index contributed by atoms with van der Waals surface area (Å²) in [5.74, 6) is -1.96. The van der Waals surface area contributed by atoms with Crippen LogP contribution in [0.5, 0.6) is 0 Å². The molecule has 1 aliphatic heterocycles. The minimum atomic E-state index is -0.607. The fraction of sp³-hybridized carbons (Fsp3) is 0.185. The Morgan fingerprint density at radius 2 is 1.72 bits per heavy atom. The number of hydrogen-bond donors (Lipinski definition) is 1. The van der Waals surface area contributed by atoms with Gasteiger partial charge in [0.05, 0.1) is 16.1 Å². The molecular formula is C27H23F3N4OS. The third kappa shape index (κ3) is 5.32. The molecule has 2 heterocycles. The molecule has 1 saturated heterocycles. The average molecular weight is 509 g/mol. The number of benzene rings is 3. The van der Waals surface area contributed by atoms with E-state index in [1.165, 1.54) is 30.1 Å². The van der Waals surface area contributed by atoms with Crippen LogP contribution >= 0.6 is 11.9 Å². The van der Waals surface area contributed by atoms with Crippen molar-refractivity contribution in [3.8, 4) is 0 Å². The summed E-state index contributed by atoms with van der Waals surface area (Å²) in [4.78, 5) is 21.9. The van der Waals surface area contributed by atoms with Gasteiger partial charge in [-0.2, -0.15) is 0 Å². The van der Waals surface area contributed by atoms with Crippen molar-refractivity contribution in [2.75, 3.05) is 30.9 Å². The molecule has 1 amide bonds. The second-order valence-electron chi connectivity index (χ2n) is 8.53. The Balaban J connectivity index is 1.18. The van der Waals surface area contributed by atoms with E-state index >= 15 is 0 Å². The molecule has 0 spiro atoms. The lowest BCUT2D eigenvalue weighted by Crippen LogP contribution is -2.48. The molecule has 1 N–H and O–H groups in total. The number of anilines is 1. The highest BCUT2D eigenvalue weighted by atomic mass is 32.2. The smallest absolute Gasteiger partial charge is 0.254 e. The van der Waals surface area contributed by atoms with Gasteiger partial charge in [0.25, 0.3) is 5.91 Å². The lowest BCUT2D eigenvalue weighted by Gasteiger charge is -2.34. The van der Waals surface area contributed by atoms with E-state index in [2.05, 4.69) is 9.71 Å². The lowest BCUT2D eigenvalue weighted by atomic mass is 10.1. The first kappa shape index (κ1) is 24.1. The van der Waals surface area contributed by atoms with Gasteiger partial charge in [0.15, 0.2) is 0 Å². The predicted octanol–water partition coefficient (Wildman–Crippen LogP) is 5.73. The van der Waals surface area contributed by atoms with Crippen molar-refractivity contribution in [3.63, 3.8) is 0 Å². The number of rotatable bonds is 6. The molecule has 9 heteroatoms. The molecule has 5 rings (SSSR count). The van der Waals surface area contributed by atoms with E-state index in [4.69, 9.17) is 0 Å². The maximum absolute atomic E-state index is 14.8. The van der Waals surface area contributed by atoms with Crippen LogP contribution in [0, 0.1) is 17.5 Å². The number of fused-ring (bicyclic) bond motifs is 1. The van der Waals surface area contributed by atoms with Crippen molar-refractivity contribution in [2.24, 2.45) is 0 Å². The first-order valence-electron chi connectivity index (χ1n) is 11.5. The van der Waals surface area contributed by atoms with Crippen LogP contribution in [0.1, 0.15) is 15.9 Å². The van der Waals surface area contributed by atoms with E-state index in [1.54, 1.807) is 23.2 Å². The number of amides is 1. The molecule has 0 bridgehead atoms. The van der Waals surface area contributed by atoms with Gasteiger partial charge in [0.1, 0.15) is 17.5 Å². The van der Waals surface area contributed by atoms with Gasteiger partial charge >= 0.3 is 0 Å². The van der Waals surface area contributed by atoms with Crippen LogP contribution in [0.25, 0.3) is 10.9 Å². The van der Waals surface area contributed by atoms with Gasteiger partial charge in [-0.25, -0.2) is 13.2 Å². The standard InChI is InChI=1S/C27H23F3N4OS/c28-21-8-6-20(22(29)16-21)17-33-11-13-34(14-12-33)27(35)19-7-9-24(23(30)15-19)32-36-25-5-1-3-18-4-2-10-31-26(18)25/h1-10,15-16,32H,11-14,17H2. The second-order valence-corrected chi connectivity index (χ2v) is 9.38. The Labute approximate surface area is 211 Å². The normalized spacial score (nSPS) is 14.2. The number of nitrogens with zero attached hydrogens (tertiary/aromatic N) is 3. The van der Waals surface area contributed by atoms with Crippen molar-refractivity contribution in [2.45, 2.75) is 11.4 Å². The lowest BCUT2D eigenvalue weighted by molar-refractivity contribution is 0.0626. The molecule has 1 fully saturated rings. The third-order valence-corrected chi connectivity index (χ3v) is 7.02. The van der Waals surface area contributed by atoms with Gasteiger partial charge in [0, 0.05) is 61.5 Å². The van der Waals surface area contributed by atoms with Gasteiger partial charge in [-0.3, -0.25) is 14.7 Å². The molecule has 36 heavy (non-hydrogen) atoms. The van der Waals surface area contributed by atoms with Gasteiger partial charge in [0.2, 0.25) is 0 Å². The number of pyridine rings is 1. The van der Waals surface area contributed by atoms with Gasteiger partial charge in [-0.1, -0.05) is 24.3 Å². The second kappa shape index (κ2) is 10.6. The first-order chi connectivity index (χ1) is 17.5. The molecule has 4 aromatic rings. The van der Waals surface area contributed by atoms with E-state index in [0.29, 0.717) is 38.3 Å². The van der Waals surface area contributed by atoms with Crippen LogP contribution in [0.4, 0.5) is 18.9 Å². The number of para-hydroxylation sites is 1. The monoisotopic (exact) mass is 508 g/mol. The zero-order valence-electron chi connectivity index (χ0n) is 19.3. The number of carbonyl (C=O) groups excluding carboxylic acids is 1. The summed E-state index contributed by atoms with van der Waals surface area (Å²) in [5.41, 5.74) is 1.79. The number of halogens is 3. The molecular weight excluding hydrogens is 485 g/mol. The summed E-state index contributed by atoms with van der Waals surface area (Å²) < 4.78 is 44.9. The van der Waals surface area contributed by atoms with Gasteiger partial charge in [-0.15, -0.1) is 0 Å². The van der Waals surface area contributed by atoms with E-state index in [9.17, 15) is 18.0 Å². The Morgan fingerprint density at radius 3 is 2.50 bits per heavy atom. The zero-order chi connectivity index (χ0) is 25.1. The maximum Gasteiger partial charge on any atom is 0.254 e. The van der Waals surface area contributed by atoms with Crippen molar-refractivity contribution < 1.29 is 18.0 Å². The fourth-order valence-electron chi connectivity index (χ4n) is 4.18. The zero-order valence-corrected chi connectivity index (χ0v) is 20.1. The summed E-state index contributed by atoms with van der Waals surface area (Å²) in [5, 5.41) is 0.994. The van der Waals surface area contributed by atoms with Crippen LogP contribution in [0.2, 0.25) is 0 Å². The Hall–Kier alpha value is -3.56. The summed E-state index contributed by atoms with van der Waals surface area (Å²) >= 11 is 1.26. The molecule has 0 atom stereocenters. The molecule has 0 saturated carbocycles. The highest BCUT2D eigenvalue weighted by Gasteiger charge is 2.23. The quantitative estimate of drug-likeness (QED) is 0.337. The van der Waals surface area contributed by atoms with Crippen LogP contribution < -0.4 is 4.72 Å². The maximum atomic E-state index is 14.8. The molecule has 184 valence electrons. The number of carbonyl (C=O) groups is 1. The van der Waals surface area contributed by atoms with Crippen molar-refractivity contribution >= 4 is 34.4 Å². The highest BCUT2D eigenvalue weighted by molar-refractivity contribution is 8.00. The Morgan fingerprint density at radius 1 is 0.917 bits per heavy atom. The predicted molar refractivity (Wildman–Crippen MR) is 135 cm³/mol. The summed E-state index contributed by atoms with van der Waals surface area (Å²) in [7, 11) is 0. The SMILES string of the molecule is O=C(c1ccc(NSc2cccc3cccnc23)c(F)c1)N1CCN(Cc2ccc(F)cc2F)CC1. The average Bonchev–Trinajstić information content (AvgIpc) is 2.89. The van der Waals surface area contributed by atoms with Crippen LogP contribution in [0.15, 0.2) is 77.8 Å². The summed E-state index contributed by atoms with van der Waals surface area (Å²) in [6, 6.07) is 17.6. The Kier molecular flexibility index (Phi) is 7.11. The fourth-order valence-corrected chi connectivity index (χ4v) is 4.98. The van der Waals surface area contributed by atoms with Gasteiger partial charge in [-0.05, 0) is 48.3 Å². The summed E-state index contributed by atoms with van der Waals surface area (Å²) in [6.07, 6.45) is 1.72. The minimum absolute atomic E-state index is 0.251. The molecule has 5 nitrogen and oxygen atoms in total. The molecule has 1 aromatic heterocycles. The van der Waals surface area contributed by atoms with Crippen molar-refractivity contribution in [3.05, 3.63) is 102 Å². The first-order valence-corrected chi connectivity index (χ1v) is 12.3. The topological polar surface area (TPSA) is 48.5 Å². The molecule has 1 aliphatic rings.